The van der Waals surface area contributed by atoms with E-state index in [4.69, 9.17) is 0 Å². The molecule has 1 aliphatic carbocycles. The molecule has 88 valence electrons. The van der Waals surface area contributed by atoms with E-state index < -0.39 is 5.92 Å². The second-order valence-electron chi connectivity index (χ2n) is 4.44. The predicted octanol–water partition coefficient (Wildman–Crippen LogP) is 2.55. The SMILES string of the molecule is Cc1cc(C2C(=O)c3ccccc3C2=O)ccn1. The molecule has 18 heavy (non-hydrogen) atoms. The van der Waals surface area contributed by atoms with Crippen molar-refractivity contribution < 1.29 is 9.59 Å². The van der Waals surface area contributed by atoms with E-state index >= 15 is 0 Å². The van der Waals surface area contributed by atoms with Gasteiger partial charge in [-0.05, 0) is 24.6 Å². The highest BCUT2D eigenvalue weighted by atomic mass is 16.2. The number of hydrogen-bond donors (Lipinski definition) is 0. The zero-order valence-corrected chi connectivity index (χ0v) is 9.88. The summed E-state index contributed by atoms with van der Waals surface area (Å²) in [4.78, 5) is 28.6. The second-order valence-corrected chi connectivity index (χ2v) is 4.44. The van der Waals surface area contributed by atoms with E-state index in [0.717, 1.165) is 11.3 Å². The van der Waals surface area contributed by atoms with E-state index in [9.17, 15) is 9.59 Å². The van der Waals surface area contributed by atoms with E-state index in [0.29, 0.717) is 11.1 Å². The minimum Gasteiger partial charge on any atom is -0.293 e. The number of Topliss-reactive ketones (excluding diaryl/α,β-unsaturated/α-hetero) is 2. The van der Waals surface area contributed by atoms with Crippen LogP contribution in [-0.4, -0.2) is 16.6 Å². The molecule has 0 N–H and O–H groups in total. The molecule has 2 aromatic rings. The van der Waals surface area contributed by atoms with Crippen LogP contribution in [0.1, 0.15) is 37.9 Å². The van der Waals surface area contributed by atoms with Gasteiger partial charge in [0.2, 0.25) is 0 Å². The van der Waals surface area contributed by atoms with Crippen molar-refractivity contribution in [3.8, 4) is 0 Å². The number of fused-ring (bicyclic) bond motifs is 1. The van der Waals surface area contributed by atoms with Gasteiger partial charge in [-0.3, -0.25) is 14.6 Å². The van der Waals surface area contributed by atoms with Gasteiger partial charge in [-0.15, -0.1) is 0 Å². The zero-order chi connectivity index (χ0) is 12.7. The summed E-state index contributed by atoms with van der Waals surface area (Å²) in [6.45, 7) is 1.85. The van der Waals surface area contributed by atoms with Crippen molar-refractivity contribution in [1.82, 2.24) is 4.98 Å². The lowest BCUT2D eigenvalue weighted by Crippen LogP contribution is -2.13. The van der Waals surface area contributed by atoms with Gasteiger partial charge in [0.1, 0.15) is 5.92 Å². The third-order valence-electron chi connectivity index (χ3n) is 3.24. The number of carbonyl (C=O) groups excluding carboxylic acids is 2. The minimum absolute atomic E-state index is 0.110. The summed E-state index contributed by atoms with van der Waals surface area (Å²) < 4.78 is 0. The Morgan fingerprint density at radius 1 is 1.00 bits per heavy atom. The van der Waals surface area contributed by atoms with Crippen LogP contribution < -0.4 is 0 Å². The van der Waals surface area contributed by atoms with Gasteiger partial charge in [-0.25, -0.2) is 0 Å². The summed E-state index contributed by atoms with van der Waals surface area (Å²) in [5.74, 6) is -0.911. The van der Waals surface area contributed by atoms with Crippen molar-refractivity contribution in [1.29, 1.82) is 0 Å². The monoisotopic (exact) mass is 237 g/mol. The van der Waals surface area contributed by atoms with Gasteiger partial charge in [0.25, 0.3) is 0 Å². The van der Waals surface area contributed by atoms with Gasteiger partial charge in [0.05, 0.1) is 0 Å². The van der Waals surface area contributed by atoms with Crippen LogP contribution in [0, 0.1) is 6.92 Å². The smallest absolute Gasteiger partial charge is 0.178 e. The Balaban J connectivity index is 2.12. The molecule has 0 unspecified atom stereocenters. The average Bonchev–Trinajstić information content (AvgIpc) is 2.63. The third-order valence-corrected chi connectivity index (χ3v) is 3.24. The van der Waals surface area contributed by atoms with E-state index in [1.165, 1.54) is 0 Å². The highest BCUT2D eigenvalue weighted by Gasteiger charge is 2.39. The highest BCUT2D eigenvalue weighted by molar-refractivity contribution is 6.29. The Morgan fingerprint density at radius 3 is 2.17 bits per heavy atom. The first-order valence-electron chi connectivity index (χ1n) is 5.78. The first-order chi connectivity index (χ1) is 8.68. The van der Waals surface area contributed by atoms with Gasteiger partial charge in [-0.2, -0.15) is 0 Å². The predicted molar refractivity (Wildman–Crippen MR) is 66.8 cm³/mol. The number of aryl methyl sites for hydroxylation is 1. The summed E-state index contributed by atoms with van der Waals surface area (Å²) in [6.07, 6.45) is 1.63. The standard InChI is InChI=1S/C15H11NO2/c1-9-8-10(6-7-16-9)13-14(17)11-4-2-3-5-12(11)15(13)18/h2-8,13H,1H3. The van der Waals surface area contributed by atoms with Crippen molar-refractivity contribution in [3.63, 3.8) is 0 Å². The molecule has 1 aliphatic rings. The maximum Gasteiger partial charge on any atom is 0.178 e. The Morgan fingerprint density at radius 2 is 1.61 bits per heavy atom. The molecule has 3 rings (SSSR count). The number of nitrogens with zero attached hydrogens (tertiary/aromatic N) is 1. The van der Waals surface area contributed by atoms with Crippen molar-refractivity contribution in [3.05, 3.63) is 65.0 Å². The molecule has 0 bridgehead atoms. The summed E-state index contributed by atoms with van der Waals surface area (Å²) in [7, 11) is 0. The van der Waals surface area contributed by atoms with E-state index in [1.54, 1.807) is 42.6 Å². The molecule has 0 aliphatic heterocycles. The topological polar surface area (TPSA) is 47.0 Å². The lowest BCUT2D eigenvalue weighted by Gasteiger charge is -2.07. The number of rotatable bonds is 1. The molecule has 3 heteroatoms. The lowest BCUT2D eigenvalue weighted by molar-refractivity contribution is 0.0890. The molecule has 0 saturated heterocycles. The summed E-state index contributed by atoms with van der Waals surface area (Å²) in [6, 6.07) is 10.5. The van der Waals surface area contributed by atoms with Crippen molar-refractivity contribution in [2.75, 3.05) is 0 Å². The number of hydrogen-bond acceptors (Lipinski definition) is 3. The molecule has 1 aromatic heterocycles. The van der Waals surface area contributed by atoms with Crippen LogP contribution in [0.3, 0.4) is 0 Å². The fourth-order valence-corrected chi connectivity index (χ4v) is 2.39. The molecular formula is C15H11NO2. The maximum atomic E-state index is 12.3. The average molecular weight is 237 g/mol. The number of pyridine rings is 1. The Bertz CT molecular complexity index is 626. The first-order valence-corrected chi connectivity index (χ1v) is 5.78. The highest BCUT2D eigenvalue weighted by Crippen LogP contribution is 2.33. The van der Waals surface area contributed by atoms with Gasteiger partial charge in [0, 0.05) is 23.0 Å². The molecule has 1 aromatic carbocycles. The zero-order valence-electron chi connectivity index (χ0n) is 9.88. The van der Waals surface area contributed by atoms with Crippen molar-refractivity contribution in [2.24, 2.45) is 0 Å². The first kappa shape index (κ1) is 10.8. The van der Waals surface area contributed by atoms with Gasteiger partial charge < -0.3 is 0 Å². The molecule has 1 heterocycles. The van der Waals surface area contributed by atoms with E-state index in [1.807, 2.05) is 6.92 Å². The molecule has 0 amide bonds. The van der Waals surface area contributed by atoms with Gasteiger partial charge in [-0.1, -0.05) is 24.3 Å². The fraction of sp³-hybridized carbons (Fsp3) is 0.133. The summed E-state index contributed by atoms with van der Waals surface area (Å²) in [5, 5.41) is 0. The quantitative estimate of drug-likeness (QED) is 0.716. The van der Waals surface area contributed by atoms with Crippen LogP contribution >= 0.6 is 0 Å². The minimum atomic E-state index is -0.691. The maximum absolute atomic E-state index is 12.3. The summed E-state index contributed by atoms with van der Waals surface area (Å²) in [5.41, 5.74) is 2.60. The lowest BCUT2D eigenvalue weighted by atomic mass is 9.95. The molecule has 0 atom stereocenters. The Hall–Kier alpha value is -2.29. The van der Waals surface area contributed by atoms with Gasteiger partial charge in [0.15, 0.2) is 11.6 Å². The van der Waals surface area contributed by atoms with E-state index in [-0.39, 0.29) is 11.6 Å². The third kappa shape index (κ3) is 1.48. The number of benzene rings is 1. The molecule has 0 spiro atoms. The molecular weight excluding hydrogens is 226 g/mol. The van der Waals surface area contributed by atoms with E-state index in [2.05, 4.69) is 4.98 Å². The normalized spacial score (nSPS) is 14.9. The Kier molecular flexibility index (Phi) is 2.33. The number of carbonyl (C=O) groups is 2. The van der Waals surface area contributed by atoms with Crippen LogP contribution in [0.5, 0.6) is 0 Å². The second kappa shape index (κ2) is 3.88. The number of aromatic nitrogens is 1. The molecule has 3 nitrogen and oxygen atoms in total. The van der Waals surface area contributed by atoms with Crippen molar-refractivity contribution >= 4 is 11.6 Å². The van der Waals surface area contributed by atoms with Crippen LogP contribution in [-0.2, 0) is 0 Å². The number of ketones is 2. The Labute approximate surface area is 104 Å². The van der Waals surface area contributed by atoms with Crippen LogP contribution in [0.25, 0.3) is 0 Å². The molecule has 0 radical (unpaired) electrons. The fourth-order valence-electron chi connectivity index (χ4n) is 2.39. The summed E-state index contributed by atoms with van der Waals surface area (Å²) >= 11 is 0. The van der Waals surface area contributed by atoms with Crippen LogP contribution in [0.2, 0.25) is 0 Å². The molecule has 0 saturated carbocycles. The van der Waals surface area contributed by atoms with Crippen LogP contribution in [0.4, 0.5) is 0 Å². The van der Waals surface area contributed by atoms with Crippen LogP contribution in [0.15, 0.2) is 42.6 Å². The largest absolute Gasteiger partial charge is 0.293 e. The molecule has 0 fully saturated rings. The van der Waals surface area contributed by atoms with Gasteiger partial charge >= 0.3 is 0 Å². The van der Waals surface area contributed by atoms with Crippen molar-refractivity contribution in [2.45, 2.75) is 12.8 Å².